The number of carbonyl (C=O) groups is 1. The summed E-state index contributed by atoms with van der Waals surface area (Å²) >= 11 is 0. The number of urea groups is 1. The van der Waals surface area contributed by atoms with Crippen LogP contribution in [0.3, 0.4) is 0 Å². The van der Waals surface area contributed by atoms with E-state index in [0.29, 0.717) is 13.0 Å². The molecule has 1 aliphatic rings. The maximum atomic E-state index is 12.9. The Morgan fingerprint density at radius 2 is 1.80 bits per heavy atom. The summed E-state index contributed by atoms with van der Waals surface area (Å²) in [6.45, 7) is 2.53. The maximum absolute atomic E-state index is 12.9. The van der Waals surface area contributed by atoms with Crippen molar-refractivity contribution in [3.63, 3.8) is 0 Å². The predicted octanol–water partition coefficient (Wildman–Crippen LogP) is 4.31. The quantitative estimate of drug-likeness (QED) is 0.837. The lowest BCUT2D eigenvalue weighted by atomic mass is 9.89. The van der Waals surface area contributed by atoms with E-state index in [1.807, 2.05) is 6.92 Å². The molecule has 1 aliphatic carbocycles. The Morgan fingerprint density at radius 3 is 2.56 bits per heavy atom. The molecule has 0 fully saturated rings. The van der Waals surface area contributed by atoms with Crippen LogP contribution >= 0.6 is 0 Å². The molecule has 132 valence electrons. The monoisotopic (exact) mass is 340 g/mol. The van der Waals surface area contributed by atoms with Gasteiger partial charge in [0.2, 0.25) is 0 Å². The minimum Gasteiger partial charge on any atom is -0.338 e. The zero-order chi connectivity index (χ0) is 17.6. The molecule has 1 atom stereocenters. The van der Waals surface area contributed by atoms with Crippen LogP contribution in [0.1, 0.15) is 48.1 Å². The first-order valence-electron chi connectivity index (χ1n) is 9.02. The molecule has 25 heavy (non-hydrogen) atoms. The van der Waals surface area contributed by atoms with Crippen LogP contribution in [0.2, 0.25) is 0 Å². The van der Waals surface area contributed by atoms with Crippen molar-refractivity contribution in [3.8, 4) is 0 Å². The molecule has 0 bridgehead atoms. The van der Waals surface area contributed by atoms with Crippen LogP contribution in [0.15, 0.2) is 42.5 Å². The molecule has 2 aromatic rings. The normalized spacial score (nSPS) is 14.5. The molecule has 0 spiro atoms. The Hall–Kier alpha value is -2.36. The first-order valence-corrected chi connectivity index (χ1v) is 9.02. The van der Waals surface area contributed by atoms with E-state index in [-0.39, 0.29) is 17.9 Å². The van der Waals surface area contributed by atoms with Crippen LogP contribution in [0.5, 0.6) is 0 Å². The van der Waals surface area contributed by atoms with Crippen molar-refractivity contribution < 1.29 is 9.18 Å². The van der Waals surface area contributed by atoms with Gasteiger partial charge in [-0.1, -0.05) is 30.3 Å². The Balaban J connectivity index is 1.48. The number of benzene rings is 2. The van der Waals surface area contributed by atoms with Crippen LogP contribution in [0.25, 0.3) is 0 Å². The number of nitrogens with one attached hydrogen (secondary N) is 2. The van der Waals surface area contributed by atoms with Crippen LogP contribution in [-0.4, -0.2) is 12.6 Å². The molecule has 0 radical (unpaired) electrons. The number of fused-ring (bicyclic) bond motifs is 1. The lowest BCUT2D eigenvalue weighted by Crippen LogP contribution is -2.38. The fourth-order valence-electron chi connectivity index (χ4n) is 3.33. The van der Waals surface area contributed by atoms with E-state index in [1.54, 1.807) is 12.1 Å². The van der Waals surface area contributed by atoms with Crippen LogP contribution in [0.4, 0.5) is 9.18 Å². The van der Waals surface area contributed by atoms with Gasteiger partial charge >= 0.3 is 6.03 Å². The highest BCUT2D eigenvalue weighted by molar-refractivity contribution is 5.74. The minimum atomic E-state index is -0.242. The van der Waals surface area contributed by atoms with Gasteiger partial charge in [0.05, 0.1) is 6.04 Å². The van der Waals surface area contributed by atoms with Crippen molar-refractivity contribution in [2.24, 2.45) is 0 Å². The van der Waals surface area contributed by atoms with Gasteiger partial charge in [-0.05, 0) is 73.4 Å². The Morgan fingerprint density at radius 1 is 1.08 bits per heavy atom. The molecule has 0 saturated carbocycles. The number of rotatable bonds is 5. The molecule has 2 aromatic carbocycles. The van der Waals surface area contributed by atoms with Gasteiger partial charge in [0.1, 0.15) is 5.82 Å². The molecule has 1 unspecified atom stereocenters. The van der Waals surface area contributed by atoms with Crippen LogP contribution in [0, 0.1) is 5.82 Å². The molecular weight excluding hydrogens is 315 g/mol. The molecule has 0 aliphatic heterocycles. The number of hydrogen-bond acceptors (Lipinski definition) is 1. The summed E-state index contributed by atoms with van der Waals surface area (Å²) in [5, 5.41) is 5.85. The third kappa shape index (κ3) is 4.81. The third-order valence-electron chi connectivity index (χ3n) is 4.83. The van der Waals surface area contributed by atoms with E-state index in [0.717, 1.165) is 17.5 Å². The van der Waals surface area contributed by atoms with Gasteiger partial charge < -0.3 is 10.6 Å². The van der Waals surface area contributed by atoms with Gasteiger partial charge in [-0.3, -0.25) is 0 Å². The van der Waals surface area contributed by atoms with E-state index in [2.05, 4.69) is 28.8 Å². The van der Waals surface area contributed by atoms with Gasteiger partial charge in [-0.2, -0.15) is 0 Å². The molecule has 3 nitrogen and oxygen atoms in total. The molecular formula is C21H25FN2O. The maximum Gasteiger partial charge on any atom is 0.315 e. The summed E-state index contributed by atoms with van der Waals surface area (Å²) < 4.78 is 12.9. The molecule has 0 aromatic heterocycles. The fraction of sp³-hybridized carbons (Fsp3) is 0.381. The zero-order valence-corrected chi connectivity index (χ0v) is 14.6. The Labute approximate surface area is 148 Å². The number of amides is 2. The van der Waals surface area contributed by atoms with E-state index in [4.69, 9.17) is 0 Å². The molecule has 3 rings (SSSR count). The highest BCUT2D eigenvalue weighted by Crippen LogP contribution is 2.24. The van der Waals surface area contributed by atoms with E-state index >= 15 is 0 Å². The second-order valence-electron chi connectivity index (χ2n) is 6.73. The third-order valence-corrected chi connectivity index (χ3v) is 4.83. The number of carbonyl (C=O) groups excluding carboxylic acids is 1. The predicted molar refractivity (Wildman–Crippen MR) is 98.1 cm³/mol. The van der Waals surface area contributed by atoms with Crippen molar-refractivity contribution in [2.45, 2.75) is 45.1 Å². The second kappa shape index (κ2) is 8.15. The lowest BCUT2D eigenvalue weighted by Gasteiger charge is -2.20. The molecule has 0 heterocycles. The smallest absolute Gasteiger partial charge is 0.315 e. The van der Waals surface area contributed by atoms with Gasteiger partial charge in [-0.15, -0.1) is 0 Å². The average molecular weight is 340 g/mol. The van der Waals surface area contributed by atoms with Gasteiger partial charge in [0.15, 0.2) is 0 Å². The molecule has 2 N–H and O–H groups in total. The van der Waals surface area contributed by atoms with Crippen LogP contribution < -0.4 is 10.6 Å². The first-order chi connectivity index (χ1) is 12.1. The average Bonchev–Trinajstić information content (AvgIpc) is 2.63. The highest BCUT2D eigenvalue weighted by Gasteiger charge is 2.13. The first kappa shape index (κ1) is 17.5. The van der Waals surface area contributed by atoms with E-state index in [1.165, 1.54) is 42.5 Å². The van der Waals surface area contributed by atoms with Crippen molar-refractivity contribution >= 4 is 6.03 Å². The Kier molecular flexibility index (Phi) is 5.69. The fourth-order valence-corrected chi connectivity index (χ4v) is 3.33. The summed E-state index contributed by atoms with van der Waals surface area (Å²) in [7, 11) is 0. The standard InChI is InChI=1S/C21H25FN2O/c1-15(18-9-8-17-4-2-3-5-19(17)14-18)24-21(25)23-13-12-16-6-10-20(22)11-7-16/h6-11,14-15H,2-5,12-13H2,1H3,(H2,23,24,25). The van der Waals surface area contributed by atoms with Crippen molar-refractivity contribution in [1.82, 2.24) is 10.6 Å². The SMILES string of the molecule is CC(NC(=O)NCCc1ccc(F)cc1)c1ccc2c(c1)CCCC2. The Bertz CT molecular complexity index is 727. The highest BCUT2D eigenvalue weighted by atomic mass is 19.1. The molecule has 4 heteroatoms. The van der Waals surface area contributed by atoms with Gasteiger partial charge in [0.25, 0.3) is 0 Å². The molecule has 2 amide bonds. The van der Waals surface area contributed by atoms with Crippen molar-refractivity contribution in [2.75, 3.05) is 6.54 Å². The number of halogens is 1. The lowest BCUT2D eigenvalue weighted by molar-refractivity contribution is 0.238. The van der Waals surface area contributed by atoms with Crippen LogP contribution in [-0.2, 0) is 19.3 Å². The minimum absolute atomic E-state index is 0.0296. The largest absolute Gasteiger partial charge is 0.338 e. The topological polar surface area (TPSA) is 41.1 Å². The van der Waals surface area contributed by atoms with Crippen molar-refractivity contribution in [1.29, 1.82) is 0 Å². The van der Waals surface area contributed by atoms with Gasteiger partial charge in [-0.25, -0.2) is 9.18 Å². The number of aryl methyl sites for hydroxylation is 2. The summed E-state index contributed by atoms with van der Waals surface area (Å²) in [6.07, 6.45) is 5.51. The molecule has 0 saturated heterocycles. The summed E-state index contributed by atoms with van der Waals surface area (Å²) in [4.78, 5) is 12.1. The van der Waals surface area contributed by atoms with E-state index < -0.39 is 0 Å². The summed E-state index contributed by atoms with van der Waals surface area (Å²) in [6, 6.07) is 12.7. The van der Waals surface area contributed by atoms with Gasteiger partial charge in [0, 0.05) is 6.54 Å². The second-order valence-corrected chi connectivity index (χ2v) is 6.73. The summed E-state index contributed by atoms with van der Waals surface area (Å²) in [5.41, 5.74) is 5.03. The van der Waals surface area contributed by atoms with Crippen molar-refractivity contribution in [3.05, 3.63) is 70.5 Å². The summed E-state index contributed by atoms with van der Waals surface area (Å²) in [5.74, 6) is -0.242. The zero-order valence-electron chi connectivity index (χ0n) is 14.6. The number of hydrogen-bond donors (Lipinski definition) is 2. The van der Waals surface area contributed by atoms with E-state index in [9.17, 15) is 9.18 Å².